The number of fused-ring (bicyclic) bond motifs is 1. The second kappa shape index (κ2) is 8.70. The average Bonchev–Trinajstić information content (AvgIpc) is 2.74. The Kier molecular flexibility index (Phi) is 5.96. The van der Waals surface area contributed by atoms with Crippen molar-refractivity contribution in [3.05, 3.63) is 81.3 Å². The molecule has 0 fully saturated rings. The normalized spacial score (nSPS) is 14.4. The second-order valence-corrected chi connectivity index (χ2v) is 7.40. The quantitative estimate of drug-likeness (QED) is 0.576. The fourth-order valence-electron chi connectivity index (χ4n) is 3.60. The van der Waals surface area contributed by atoms with Crippen molar-refractivity contribution >= 4 is 0 Å². The van der Waals surface area contributed by atoms with Gasteiger partial charge in [0.1, 0.15) is 11.6 Å². The molecule has 0 radical (unpaired) electrons. The van der Waals surface area contributed by atoms with Crippen molar-refractivity contribution in [2.24, 2.45) is 0 Å². The van der Waals surface area contributed by atoms with Crippen molar-refractivity contribution in [3.63, 3.8) is 0 Å². The molecule has 0 saturated carbocycles. The van der Waals surface area contributed by atoms with Crippen LogP contribution >= 0.6 is 0 Å². The second-order valence-electron chi connectivity index (χ2n) is 7.40. The molecule has 0 spiro atoms. The van der Waals surface area contributed by atoms with Gasteiger partial charge in [-0.15, -0.1) is 0 Å². The van der Waals surface area contributed by atoms with Gasteiger partial charge < -0.3 is 9.72 Å². The first-order valence-electron chi connectivity index (χ1n) is 9.75. The molecule has 3 aromatic rings. The van der Waals surface area contributed by atoms with Gasteiger partial charge >= 0.3 is 12.8 Å². The molecule has 0 amide bonds. The maximum Gasteiger partial charge on any atom is 0.416 e. The largest absolute Gasteiger partial charge is 0.435 e. The molecular formula is C22H18F5N3O2. The number of rotatable bonds is 5. The highest BCUT2D eigenvalue weighted by molar-refractivity contribution is 5.56. The Bertz CT molecular complexity index is 1140. The summed E-state index contributed by atoms with van der Waals surface area (Å²) in [6, 6.07) is 10.8. The molecule has 0 saturated heterocycles. The lowest BCUT2D eigenvalue weighted by atomic mass is 10.0. The predicted octanol–water partition coefficient (Wildman–Crippen LogP) is 4.62. The molecule has 0 unspecified atom stereocenters. The number of hydrogen-bond donors (Lipinski definition) is 1. The number of hydrogen-bond acceptors (Lipinski definition) is 4. The van der Waals surface area contributed by atoms with E-state index in [2.05, 4.69) is 14.7 Å². The highest BCUT2D eigenvalue weighted by Crippen LogP contribution is 2.30. The van der Waals surface area contributed by atoms with Crippen LogP contribution < -0.4 is 10.3 Å². The van der Waals surface area contributed by atoms with Gasteiger partial charge in [-0.05, 0) is 29.8 Å². The Balaban J connectivity index is 1.48. The summed E-state index contributed by atoms with van der Waals surface area (Å²) in [5, 5.41) is 0. The van der Waals surface area contributed by atoms with Gasteiger partial charge in [0.05, 0.1) is 16.8 Å². The van der Waals surface area contributed by atoms with Crippen molar-refractivity contribution in [3.8, 4) is 17.1 Å². The first kappa shape index (κ1) is 21.9. The SMILES string of the molecule is O=c1[nH]c(-c2ccc(C(F)(F)F)cc2)nc2c1CN(Cc1ccc(OC(F)F)cc1)CC2. The van der Waals surface area contributed by atoms with E-state index in [1.807, 2.05) is 4.90 Å². The van der Waals surface area contributed by atoms with Gasteiger partial charge in [-0.1, -0.05) is 24.3 Å². The number of nitrogens with one attached hydrogen (secondary N) is 1. The maximum absolute atomic E-state index is 12.8. The summed E-state index contributed by atoms with van der Waals surface area (Å²) in [5.74, 6) is 0.301. The molecule has 0 bridgehead atoms. The zero-order valence-corrected chi connectivity index (χ0v) is 16.6. The zero-order chi connectivity index (χ0) is 22.9. The van der Waals surface area contributed by atoms with E-state index in [4.69, 9.17) is 0 Å². The van der Waals surface area contributed by atoms with E-state index in [-0.39, 0.29) is 17.1 Å². The van der Waals surface area contributed by atoms with Gasteiger partial charge in [-0.3, -0.25) is 9.69 Å². The first-order chi connectivity index (χ1) is 15.2. The molecule has 32 heavy (non-hydrogen) atoms. The first-order valence-corrected chi connectivity index (χ1v) is 9.75. The summed E-state index contributed by atoms with van der Waals surface area (Å²) in [6.45, 7) is -1.41. The van der Waals surface area contributed by atoms with Crippen LogP contribution in [-0.4, -0.2) is 28.0 Å². The van der Waals surface area contributed by atoms with Crippen LogP contribution in [0.1, 0.15) is 22.4 Å². The van der Waals surface area contributed by atoms with E-state index in [0.29, 0.717) is 42.9 Å². The number of alkyl halides is 5. The van der Waals surface area contributed by atoms with E-state index in [1.165, 1.54) is 24.3 Å². The molecule has 5 nitrogen and oxygen atoms in total. The Morgan fingerprint density at radius 3 is 2.38 bits per heavy atom. The van der Waals surface area contributed by atoms with Crippen LogP contribution in [0.3, 0.4) is 0 Å². The summed E-state index contributed by atoms with van der Waals surface area (Å²) in [4.78, 5) is 21.8. The summed E-state index contributed by atoms with van der Waals surface area (Å²) in [6.07, 6.45) is -3.94. The molecule has 1 aromatic heterocycles. The summed E-state index contributed by atoms with van der Waals surface area (Å²) in [7, 11) is 0. The number of H-pyrrole nitrogens is 1. The lowest BCUT2D eigenvalue weighted by Crippen LogP contribution is -2.35. The number of nitrogens with zero attached hydrogens (tertiary/aromatic N) is 2. The van der Waals surface area contributed by atoms with Crippen LogP contribution in [-0.2, 0) is 25.7 Å². The lowest BCUT2D eigenvalue weighted by molar-refractivity contribution is -0.137. The van der Waals surface area contributed by atoms with Crippen molar-refractivity contribution in [1.82, 2.24) is 14.9 Å². The van der Waals surface area contributed by atoms with Crippen molar-refractivity contribution in [1.29, 1.82) is 0 Å². The highest BCUT2D eigenvalue weighted by atomic mass is 19.4. The average molecular weight is 451 g/mol. The third-order valence-corrected chi connectivity index (χ3v) is 5.19. The summed E-state index contributed by atoms with van der Waals surface area (Å²) >= 11 is 0. The molecule has 1 aliphatic heterocycles. The molecule has 1 aliphatic rings. The molecule has 4 rings (SSSR count). The third-order valence-electron chi connectivity index (χ3n) is 5.19. The van der Waals surface area contributed by atoms with Gasteiger partial charge in [0, 0.05) is 31.6 Å². The van der Waals surface area contributed by atoms with Crippen molar-refractivity contribution < 1.29 is 26.7 Å². The minimum absolute atomic E-state index is 0.0733. The van der Waals surface area contributed by atoms with Gasteiger partial charge in [-0.25, -0.2) is 4.98 Å². The van der Waals surface area contributed by atoms with Crippen LogP contribution in [0, 0.1) is 0 Å². The van der Waals surface area contributed by atoms with E-state index in [1.54, 1.807) is 12.1 Å². The zero-order valence-electron chi connectivity index (χ0n) is 16.6. The minimum atomic E-state index is -4.44. The molecule has 0 atom stereocenters. The minimum Gasteiger partial charge on any atom is -0.435 e. The number of benzene rings is 2. The van der Waals surface area contributed by atoms with Crippen molar-refractivity contribution in [2.75, 3.05) is 6.54 Å². The van der Waals surface area contributed by atoms with Crippen LogP contribution in [0.2, 0.25) is 0 Å². The Morgan fingerprint density at radius 2 is 1.75 bits per heavy atom. The monoisotopic (exact) mass is 451 g/mol. The summed E-state index contributed by atoms with van der Waals surface area (Å²) < 4.78 is 67.1. The number of aromatic nitrogens is 2. The summed E-state index contributed by atoms with van der Waals surface area (Å²) in [5.41, 5.74) is 1.28. The Hall–Kier alpha value is -3.27. The number of aromatic amines is 1. The predicted molar refractivity (Wildman–Crippen MR) is 106 cm³/mol. The van der Waals surface area contributed by atoms with Crippen molar-refractivity contribution in [2.45, 2.75) is 32.3 Å². The number of halogens is 5. The lowest BCUT2D eigenvalue weighted by Gasteiger charge is -2.27. The van der Waals surface area contributed by atoms with Gasteiger partial charge in [0.2, 0.25) is 0 Å². The van der Waals surface area contributed by atoms with E-state index >= 15 is 0 Å². The van der Waals surface area contributed by atoms with Gasteiger partial charge in [-0.2, -0.15) is 22.0 Å². The van der Waals surface area contributed by atoms with Crippen LogP contribution in [0.25, 0.3) is 11.4 Å². The molecule has 168 valence electrons. The molecule has 2 aromatic carbocycles. The van der Waals surface area contributed by atoms with Crippen LogP contribution in [0.5, 0.6) is 5.75 Å². The van der Waals surface area contributed by atoms with Gasteiger partial charge in [0.15, 0.2) is 0 Å². The third kappa shape index (κ3) is 4.96. The molecule has 10 heteroatoms. The van der Waals surface area contributed by atoms with Crippen LogP contribution in [0.15, 0.2) is 53.3 Å². The maximum atomic E-state index is 12.8. The molecule has 0 aliphatic carbocycles. The van der Waals surface area contributed by atoms with Crippen LogP contribution in [0.4, 0.5) is 22.0 Å². The molecule has 2 heterocycles. The highest BCUT2D eigenvalue weighted by Gasteiger charge is 2.30. The number of ether oxygens (including phenoxy) is 1. The fraction of sp³-hybridized carbons (Fsp3) is 0.273. The Labute approximate surface area is 179 Å². The van der Waals surface area contributed by atoms with E-state index in [9.17, 15) is 26.7 Å². The van der Waals surface area contributed by atoms with E-state index in [0.717, 1.165) is 17.7 Å². The fourth-order valence-corrected chi connectivity index (χ4v) is 3.60. The molecule has 1 N–H and O–H groups in total. The smallest absolute Gasteiger partial charge is 0.416 e. The Morgan fingerprint density at radius 1 is 1.06 bits per heavy atom. The molecular weight excluding hydrogens is 433 g/mol. The van der Waals surface area contributed by atoms with E-state index < -0.39 is 18.4 Å². The topological polar surface area (TPSA) is 58.2 Å². The van der Waals surface area contributed by atoms with Gasteiger partial charge in [0.25, 0.3) is 5.56 Å². The standard InChI is InChI=1S/C22H18F5N3O2/c23-21(24)32-16-7-1-13(2-8-16)11-30-10-9-18-17(12-30)20(31)29-19(28-18)14-3-5-15(6-4-14)22(25,26)27/h1-8,21H,9-12H2,(H,28,29,31).